The SMILES string of the molecule is Cc1nn(C)c(C)c1-c1cc(C(=O)Nc2nc(C3CCNCC3)nn2C)[nH]n1. The van der Waals surface area contributed by atoms with Crippen LogP contribution in [0.4, 0.5) is 5.95 Å². The van der Waals surface area contributed by atoms with E-state index in [1.807, 2.05) is 20.9 Å². The van der Waals surface area contributed by atoms with E-state index in [-0.39, 0.29) is 5.91 Å². The minimum Gasteiger partial charge on any atom is -0.317 e. The Labute approximate surface area is 162 Å². The second-order valence-corrected chi connectivity index (χ2v) is 7.23. The number of aromatic amines is 1. The summed E-state index contributed by atoms with van der Waals surface area (Å²) >= 11 is 0. The Bertz CT molecular complexity index is 1010. The standard InChI is InChI=1S/C18H25N9O/c1-10-15(11(2)26(3)24-10)13-9-14(23-22-13)17(28)21-18-20-16(25-27(18)4)12-5-7-19-8-6-12/h9,12,19H,5-8H2,1-4H3,(H,22,23)(H,20,21,25,28). The molecule has 1 aliphatic heterocycles. The zero-order chi connectivity index (χ0) is 19.8. The van der Waals surface area contributed by atoms with Crippen molar-refractivity contribution >= 4 is 11.9 Å². The normalized spacial score (nSPS) is 15.1. The van der Waals surface area contributed by atoms with Crippen LogP contribution in [0.15, 0.2) is 6.07 Å². The van der Waals surface area contributed by atoms with Crippen LogP contribution in [0.1, 0.15) is 46.5 Å². The lowest BCUT2D eigenvalue weighted by Crippen LogP contribution is -2.27. The van der Waals surface area contributed by atoms with Crippen LogP contribution in [0.2, 0.25) is 0 Å². The Morgan fingerprint density at radius 1 is 1.18 bits per heavy atom. The molecule has 1 aliphatic rings. The van der Waals surface area contributed by atoms with Gasteiger partial charge in [0, 0.05) is 31.3 Å². The second-order valence-electron chi connectivity index (χ2n) is 7.23. The molecule has 148 valence electrons. The van der Waals surface area contributed by atoms with Gasteiger partial charge >= 0.3 is 0 Å². The van der Waals surface area contributed by atoms with Crippen molar-refractivity contribution in [2.45, 2.75) is 32.6 Å². The minimum absolute atomic E-state index is 0.301. The van der Waals surface area contributed by atoms with Gasteiger partial charge in [-0.2, -0.15) is 20.3 Å². The molecule has 3 N–H and O–H groups in total. The first kappa shape index (κ1) is 18.4. The highest BCUT2D eigenvalue weighted by Gasteiger charge is 2.22. The van der Waals surface area contributed by atoms with Gasteiger partial charge in [0.15, 0.2) is 5.82 Å². The number of carbonyl (C=O) groups excluding carboxylic acids is 1. The predicted molar refractivity (Wildman–Crippen MR) is 104 cm³/mol. The van der Waals surface area contributed by atoms with Crippen LogP contribution in [-0.4, -0.2) is 53.7 Å². The summed E-state index contributed by atoms with van der Waals surface area (Å²) in [5.74, 6) is 1.24. The first-order valence-electron chi connectivity index (χ1n) is 9.43. The third-order valence-electron chi connectivity index (χ3n) is 5.30. The third kappa shape index (κ3) is 3.31. The van der Waals surface area contributed by atoms with Gasteiger partial charge in [-0.25, -0.2) is 4.68 Å². The van der Waals surface area contributed by atoms with Crippen LogP contribution in [0.5, 0.6) is 0 Å². The fraction of sp³-hybridized carbons (Fsp3) is 0.500. The van der Waals surface area contributed by atoms with E-state index in [2.05, 4.69) is 36.0 Å². The van der Waals surface area contributed by atoms with E-state index in [1.54, 1.807) is 22.5 Å². The van der Waals surface area contributed by atoms with Gasteiger partial charge in [-0.15, -0.1) is 0 Å². The summed E-state index contributed by atoms with van der Waals surface area (Å²) in [6.45, 7) is 5.84. The van der Waals surface area contributed by atoms with Gasteiger partial charge in [0.25, 0.3) is 5.91 Å². The monoisotopic (exact) mass is 383 g/mol. The number of hydrogen-bond acceptors (Lipinski definition) is 6. The molecule has 1 amide bonds. The van der Waals surface area contributed by atoms with E-state index < -0.39 is 0 Å². The van der Waals surface area contributed by atoms with Crippen LogP contribution >= 0.6 is 0 Å². The molecule has 1 saturated heterocycles. The van der Waals surface area contributed by atoms with Crippen molar-refractivity contribution < 1.29 is 4.79 Å². The smallest absolute Gasteiger partial charge is 0.276 e. The maximum atomic E-state index is 12.7. The lowest BCUT2D eigenvalue weighted by atomic mass is 9.98. The highest BCUT2D eigenvalue weighted by molar-refractivity contribution is 6.02. The Kier molecular flexibility index (Phi) is 4.71. The average Bonchev–Trinajstić information content (AvgIpc) is 3.35. The molecule has 0 bridgehead atoms. The van der Waals surface area contributed by atoms with Crippen molar-refractivity contribution in [3.63, 3.8) is 0 Å². The number of nitrogens with zero attached hydrogens (tertiary/aromatic N) is 6. The van der Waals surface area contributed by atoms with Crippen molar-refractivity contribution in [3.05, 3.63) is 29.0 Å². The highest BCUT2D eigenvalue weighted by Crippen LogP contribution is 2.26. The van der Waals surface area contributed by atoms with E-state index in [9.17, 15) is 4.79 Å². The number of anilines is 1. The Morgan fingerprint density at radius 2 is 1.93 bits per heavy atom. The number of aryl methyl sites for hydroxylation is 3. The Hall–Kier alpha value is -3.01. The fourth-order valence-corrected chi connectivity index (χ4v) is 3.65. The number of amides is 1. The van der Waals surface area contributed by atoms with E-state index >= 15 is 0 Å². The topological polar surface area (TPSA) is 118 Å². The van der Waals surface area contributed by atoms with Crippen molar-refractivity contribution in [2.24, 2.45) is 14.1 Å². The molecular weight excluding hydrogens is 358 g/mol. The quantitative estimate of drug-likeness (QED) is 0.624. The first-order chi connectivity index (χ1) is 13.4. The number of rotatable bonds is 4. The molecule has 0 aliphatic carbocycles. The van der Waals surface area contributed by atoms with Crippen LogP contribution < -0.4 is 10.6 Å². The van der Waals surface area contributed by atoms with Crippen LogP contribution in [0.25, 0.3) is 11.3 Å². The van der Waals surface area contributed by atoms with Gasteiger partial charge in [0.2, 0.25) is 5.95 Å². The number of carbonyl (C=O) groups is 1. The van der Waals surface area contributed by atoms with Gasteiger partial charge in [-0.05, 0) is 45.8 Å². The first-order valence-corrected chi connectivity index (χ1v) is 9.43. The molecule has 4 heterocycles. The minimum atomic E-state index is -0.301. The van der Waals surface area contributed by atoms with Gasteiger partial charge in [-0.1, -0.05) is 0 Å². The lowest BCUT2D eigenvalue weighted by Gasteiger charge is -2.19. The Balaban J connectivity index is 1.52. The summed E-state index contributed by atoms with van der Waals surface area (Å²) in [6, 6.07) is 1.73. The lowest BCUT2D eigenvalue weighted by molar-refractivity contribution is 0.102. The van der Waals surface area contributed by atoms with Gasteiger partial charge in [-0.3, -0.25) is 19.9 Å². The molecule has 0 unspecified atom stereocenters. The van der Waals surface area contributed by atoms with Gasteiger partial charge in [0.05, 0.1) is 11.4 Å². The maximum Gasteiger partial charge on any atom is 0.276 e. The van der Waals surface area contributed by atoms with Crippen molar-refractivity contribution in [2.75, 3.05) is 18.4 Å². The molecule has 0 saturated carbocycles. The molecule has 3 aromatic heterocycles. The molecular formula is C18H25N9O. The van der Waals surface area contributed by atoms with Gasteiger partial charge in [0.1, 0.15) is 5.69 Å². The van der Waals surface area contributed by atoms with Crippen LogP contribution in [0.3, 0.4) is 0 Å². The number of nitrogens with one attached hydrogen (secondary N) is 3. The van der Waals surface area contributed by atoms with Gasteiger partial charge < -0.3 is 5.32 Å². The van der Waals surface area contributed by atoms with E-state index in [1.165, 1.54) is 0 Å². The molecule has 0 atom stereocenters. The summed E-state index contributed by atoms with van der Waals surface area (Å²) < 4.78 is 3.42. The summed E-state index contributed by atoms with van der Waals surface area (Å²) in [5, 5.41) is 22.2. The molecule has 0 spiro atoms. The Morgan fingerprint density at radius 3 is 2.61 bits per heavy atom. The van der Waals surface area contributed by atoms with E-state index in [0.29, 0.717) is 23.3 Å². The van der Waals surface area contributed by atoms with Crippen LogP contribution in [-0.2, 0) is 14.1 Å². The summed E-state index contributed by atoms with van der Waals surface area (Å²) in [5.41, 5.74) is 3.87. The largest absolute Gasteiger partial charge is 0.317 e. The number of piperidine rings is 1. The maximum absolute atomic E-state index is 12.7. The molecule has 4 rings (SSSR count). The zero-order valence-electron chi connectivity index (χ0n) is 16.6. The molecule has 0 aromatic carbocycles. The molecule has 0 radical (unpaired) electrons. The average molecular weight is 383 g/mol. The fourth-order valence-electron chi connectivity index (χ4n) is 3.65. The number of H-pyrrole nitrogens is 1. The third-order valence-corrected chi connectivity index (χ3v) is 5.30. The second kappa shape index (κ2) is 7.19. The summed E-state index contributed by atoms with van der Waals surface area (Å²) in [7, 11) is 3.67. The molecule has 1 fully saturated rings. The van der Waals surface area contributed by atoms with Crippen LogP contribution in [0, 0.1) is 13.8 Å². The van der Waals surface area contributed by atoms with Crippen molar-refractivity contribution in [1.29, 1.82) is 0 Å². The molecule has 28 heavy (non-hydrogen) atoms. The van der Waals surface area contributed by atoms with Crippen molar-refractivity contribution in [1.82, 2.24) is 40.1 Å². The predicted octanol–water partition coefficient (Wildman–Crippen LogP) is 1.27. The molecule has 3 aromatic rings. The van der Waals surface area contributed by atoms with E-state index in [4.69, 9.17) is 0 Å². The van der Waals surface area contributed by atoms with E-state index in [0.717, 1.165) is 48.7 Å². The van der Waals surface area contributed by atoms with Crippen molar-refractivity contribution in [3.8, 4) is 11.3 Å². The molecule has 10 nitrogen and oxygen atoms in total. The highest BCUT2D eigenvalue weighted by atomic mass is 16.2. The zero-order valence-corrected chi connectivity index (χ0v) is 16.6. The number of aromatic nitrogens is 7. The number of hydrogen-bond donors (Lipinski definition) is 3. The molecule has 10 heteroatoms. The summed E-state index contributed by atoms with van der Waals surface area (Å²) in [6.07, 6.45) is 2.01. The summed E-state index contributed by atoms with van der Waals surface area (Å²) in [4.78, 5) is 17.2.